The van der Waals surface area contributed by atoms with Crippen molar-refractivity contribution in [3.05, 3.63) is 90.2 Å². The molecule has 0 aromatic heterocycles. The van der Waals surface area contributed by atoms with E-state index in [1.54, 1.807) is 18.2 Å². The molecule has 126 valence electrons. The van der Waals surface area contributed by atoms with Gasteiger partial charge in [-0.3, -0.25) is 4.79 Å². The van der Waals surface area contributed by atoms with E-state index in [1.807, 2.05) is 61.6 Å². The number of nitrogens with zero attached hydrogens (tertiary/aromatic N) is 1. The molecule has 0 saturated carbocycles. The van der Waals surface area contributed by atoms with Gasteiger partial charge in [0.25, 0.3) is 0 Å². The number of hydrogen-bond donors (Lipinski definition) is 1. The highest BCUT2D eigenvalue weighted by Crippen LogP contribution is 2.24. The Morgan fingerprint density at radius 1 is 0.880 bits per heavy atom. The van der Waals surface area contributed by atoms with E-state index in [2.05, 4.69) is 10.2 Å². The highest BCUT2D eigenvalue weighted by Gasteiger charge is 2.09. The van der Waals surface area contributed by atoms with Crippen molar-refractivity contribution in [2.45, 2.75) is 6.42 Å². The molecule has 0 heterocycles. The Bertz CT molecular complexity index is 847. The lowest BCUT2D eigenvalue weighted by Gasteiger charge is -2.19. The Hall–Kier alpha value is -3.14. The van der Waals surface area contributed by atoms with Crippen LogP contribution in [0, 0.1) is 5.82 Å². The molecular formula is C21H19FN2O. The van der Waals surface area contributed by atoms with Crippen molar-refractivity contribution in [3.8, 4) is 0 Å². The number of amides is 1. The van der Waals surface area contributed by atoms with Gasteiger partial charge >= 0.3 is 0 Å². The molecule has 0 radical (unpaired) electrons. The van der Waals surface area contributed by atoms with Crippen LogP contribution in [0.4, 0.5) is 21.5 Å². The zero-order valence-electron chi connectivity index (χ0n) is 13.9. The molecule has 0 fully saturated rings. The first-order chi connectivity index (χ1) is 12.1. The molecular weight excluding hydrogens is 315 g/mol. The van der Waals surface area contributed by atoms with Crippen molar-refractivity contribution in [3.63, 3.8) is 0 Å². The molecule has 3 rings (SSSR count). The van der Waals surface area contributed by atoms with Crippen LogP contribution in [0.3, 0.4) is 0 Å². The molecule has 3 nitrogen and oxygen atoms in total. The minimum atomic E-state index is -0.363. The Balaban J connectivity index is 1.64. The van der Waals surface area contributed by atoms with Gasteiger partial charge in [-0.2, -0.15) is 0 Å². The first kappa shape index (κ1) is 16.7. The van der Waals surface area contributed by atoms with Crippen LogP contribution in [-0.4, -0.2) is 13.0 Å². The summed E-state index contributed by atoms with van der Waals surface area (Å²) in [5.74, 6) is -0.605. The van der Waals surface area contributed by atoms with Gasteiger partial charge in [0.15, 0.2) is 0 Å². The monoisotopic (exact) mass is 334 g/mol. The third kappa shape index (κ3) is 4.23. The topological polar surface area (TPSA) is 32.3 Å². The number of hydrogen-bond acceptors (Lipinski definition) is 2. The number of benzene rings is 3. The third-order valence-electron chi connectivity index (χ3n) is 3.99. The van der Waals surface area contributed by atoms with Gasteiger partial charge in [-0.1, -0.05) is 36.4 Å². The number of anilines is 3. The molecule has 0 atom stereocenters. The van der Waals surface area contributed by atoms with Crippen molar-refractivity contribution in [1.29, 1.82) is 0 Å². The molecule has 0 unspecified atom stereocenters. The smallest absolute Gasteiger partial charge is 0.228 e. The van der Waals surface area contributed by atoms with Crippen molar-refractivity contribution < 1.29 is 9.18 Å². The lowest BCUT2D eigenvalue weighted by Crippen LogP contribution is -2.15. The van der Waals surface area contributed by atoms with Crippen LogP contribution < -0.4 is 10.2 Å². The lowest BCUT2D eigenvalue weighted by molar-refractivity contribution is -0.115. The van der Waals surface area contributed by atoms with Crippen LogP contribution in [-0.2, 0) is 11.2 Å². The molecule has 0 saturated heterocycles. The average Bonchev–Trinajstić information content (AvgIpc) is 2.64. The van der Waals surface area contributed by atoms with E-state index in [0.29, 0.717) is 11.3 Å². The van der Waals surface area contributed by atoms with E-state index in [1.165, 1.54) is 6.07 Å². The number of rotatable bonds is 5. The summed E-state index contributed by atoms with van der Waals surface area (Å²) in [6.45, 7) is 0. The van der Waals surface area contributed by atoms with Gasteiger partial charge < -0.3 is 10.2 Å². The standard InChI is InChI=1S/C21H19FN2O/c1-24(18-8-3-2-4-9-18)19-13-11-17(12-14-19)23-21(25)15-16-7-5-6-10-20(16)22/h2-14H,15H2,1H3,(H,23,25). The summed E-state index contributed by atoms with van der Waals surface area (Å²) in [4.78, 5) is 14.1. The summed E-state index contributed by atoms with van der Waals surface area (Å²) in [5.41, 5.74) is 3.17. The minimum Gasteiger partial charge on any atom is -0.345 e. The van der Waals surface area contributed by atoms with Gasteiger partial charge in [0.2, 0.25) is 5.91 Å². The van der Waals surface area contributed by atoms with Gasteiger partial charge in [0.05, 0.1) is 6.42 Å². The van der Waals surface area contributed by atoms with Gasteiger partial charge in [0, 0.05) is 24.1 Å². The second-order valence-corrected chi connectivity index (χ2v) is 5.76. The van der Waals surface area contributed by atoms with Gasteiger partial charge in [-0.15, -0.1) is 0 Å². The molecule has 4 heteroatoms. The van der Waals surface area contributed by atoms with Crippen molar-refractivity contribution in [2.75, 3.05) is 17.3 Å². The summed E-state index contributed by atoms with van der Waals surface area (Å²) >= 11 is 0. The zero-order chi connectivity index (χ0) is 17.6. The zero-order valence-corrected chi connectivity index (χ0v) is 13.9. The normalized spacial score (nSPS) is 10.3. The summed E-state index contributed by atoms with van der Waals surface area (Å²) in [6.07, 6.45) is 0.0122. The maximum atomic E-state index is 13.6. The first-order valence-corrected chi connectivity index (χ1v) is 8.05. The van der Waals surface area contributed by atoms with Gasteiger partial charge in [0.1, 0.15) is 5.82 Å². The van der Waals surface area contributed by atoms with Crippen molar-refractivity contribution >= 4 is 23.0 Å². The second kappa shape index (κ2) is 7.62. The molecule has 3 aromatic rings. The first-order valence-electron chi connectivity index (χ1n) is 8.05. The van der Waals surface area contributed by atoms with Crippen LogP contribution in [0.1, 0.15) is 5.56 Å². The van der Waals surface area contributed by atoms with Crippen LogP contribution in [0.15, 0.2) is 78.9 Å². The van der Waals surface area contributed by atoms with E-state index in [9.17, 15) is 9.18 Å². The number of carbonyl (C=O) groups is 1. The average molecular weight is 334 g/mol. The van der Waals surface area contributed by atoms with Gasteiger partial charge in [-0.25, -0.2) is 4.39 Å². The number of carbonyl (C=O) groups excluding carboxylic acids is 1. The summed E-state index contributed by atoms with van der Waals surface area (Å²) < 4.78 is 13.6. The summed E-state index contributed by atoms with van der Waals surface area (Å²) in [6, 6.07) is 23.9. The number of halogens is 1. The van der Waals surface area contributed by atoms with Crippen LogP contribution in [0.25, 0.3) is 0 Å². The Kier molecular flexibility index (Phi) is 5.09. The summed E-state index contributed by atoms with van der Waals surface area (Å²) in [5, 5.41) is 2.80. The molecule has 0 aliphatic heterocycles. The number of nitrogens with one attached hydrogen (secondary N) is 1. The highest BCUT2D eigenvalue weighted by atomic mass is 19.1. The van der Waals surface area contributed by atoms with Crippen LogP contribution >= 0.6 is 0 Å². The predicted octanol–water partition coefficient (Wildman–Crippen LogP) is 4.77. The maximum absolute atomic E-state index is 13.6. The molecule has 1 N–H and O–H groups in total. The molecule has 0 aliphatic rings. The van der Waals surface area contributed by atoms with Crippen molar-refractivity contribution in [1.82, 2.24) is 0 Å². The second-order valence-electron chi connectivity index (χ2n) is 5.76. The minimum absolute atomic E-state index is 0.0122. The van der Waals surface area contributed by atoms with E-state index in [-0.39, 0.29) is 18.1 Å². The van der Waals surface area contributed by atoms with E-state index in [0.717, 1.165) is 11.4 Å². The fourth-order valence-electron chi connectivity index (χ4n) is 2.59. The SMILES string of the molecule is CN(c1ccccc1)c1ccc(NC(=O)Cc2ccccc2F)cc1. The van der Waals surface area contributed by atoms with Crippen LogP contribution in [0.5, 0.6) is 0 Å². The largest absolute Gasteiger partial charge is 0.345 e. The van der Waals surface area contributed by atoms with E-state index >= 15 is 0 Å². The fraction of sp³-hybridized carbons (Fsp3) is 0.0952. The van der Waals surface area contributed by atoms with E-state index in [4.69, 9.17) is 0 Å². The predicted molar refractivity (Wildman–Crippen MR) is 99.7 cm³/mol. The Morgan fingerprint density at radius 2 is 1.48 bits per heavy atom. The van der Waals surface area contributed by atoms with Crippen LogP contribution in [0.2, 0.25) is 0 Å². The van der Waals surface area contributed by atoms with Gasteiger partial charge in [-0.05, 0) is 48.0 Å². The molecule has 25 heavy (non-hydrogen) atoms. The number of para-hydroxylation sites is 1. The fourth-order valence-corrected chi connectivity index (χ4v) is 2.59. The van der Waals surface area contributed by atoms with E-state index < -0.39 is 0 Å². The molecule has 0 bridgehead atoms. The maximum Gasteiger partial charge on any atom is 0.228 e. The molecule has 3 aromatic carbocycles. The molecule has 0 spiro atoms. The lowest BCUT2D eigenvalue weighted by atomic mass is 10.1. The summed E-state index contributed by atoms with van der Waals surface area (Å²) in [7, 11) is 1.99. The molecule has 1 amide bonds. The Morgan fingerprint density at radius 3 is 2.16 bits per heavy atom. The quantitative estimate of drug-likeness (QED) is 0.728. The van der Waals surface area contributed by atoms with Crippen molar-refractivity contribution in [2.24, 2.45) is 0 Å². The molecule has 0 aliphatic carbocycles. The third-order valence-corrected chi connectivity index (χ3v) is 3.99. The Labute approximate surface area is 146 Å². The highest BCUT2D eigenvalue weighted by molar-refractivity contribution is 5.92.